The van der Waals surface area contributed by atoms with Crippen LogP contribution in [0.5, 0.6) is 11.5 Å². The Morgan fingerprint density at radius 2 is 1.89 bits per heavy atom. The molecule has 0 radical (unpaired) electrons. The highest BCUT2D eigenvalue weighted by atomic mass is 35.5. The summed E-state index contributed by atoms with van der Waals surface area (Å²) in [4.78, 5) is 33.0. The molecule has 2 aromatic heterocycles. The van der Waals surface area contributed by atoms with Gasteiger partial charge in [0.05, 0.1) is 29.1 Å². The molecule has 1 atom stereocenters. The lowest BCUT2D eigenvalue weighted by Crippen LogP contribution is -2.30. The Bertz CT molecular complexity index is 1530. The molecular formula is C26H18Cl2N2O5. The Morgan fingerprint density at radius 3 is 2.60 bits per heavy atom. The fourth-order valence-electron chi connectivity index (χ4n) is 4.13. The van der Waals surface area contributed by atoms with Crippen LogP contribution in [0, 0.1) is 0 Å². The van der Waals surface area contributed by atoms with E-state index in [4.69, 9.17) is 37.1 Å². The number of pyridine rings is 1. The predicted octanol–water partition coefficient (Wildman–Crippen LogP) is 5.82. The number of carbonyl (C=O) groups excluding carboxylic acids is 1. The van der Waals surface area contributed by atoms with Crippen molar-refractivity contribution in [3.63, 3.8) is 0 Å². The van der Waals surface area contributed by atoms with Gasteiger partial charge in [-0.15, -0.1) is 0 Å². The number of carbonyl (C=O) groups is 1. The molecule has 2 aromatic carbocycles. The van der Waals surface area contributed by atoms with Gasteiger partial charge in [-0.3, -0.25) is 14.5 Å². The van der Waals surface area contributed by atoms with Crippen molar-refractivity contribution in [1.82, 2.24) is 4.98 Å². The van der Waals surface area contributed by atoms with E-state index in [2.05, 4.69) is 11.6 Å². The summed E-state index contributed by atoms with van der Waals surface area (Å²) in [6, 6.07) is 12.3. The second-order valence-electron chi connectivity index (χ2n) is 7.74. The Hall–Kier alpha value is -3.81. The third-order valence-electron chi connectivity index (χ3n) is 5.65. The molecular weight excluding hydrogens is 491 g/mol. The van der Waals surface area contributed by atoms with E-state index in [1.807, 2.05) is 0 Å². The van der Waals surface area contributed by atoms with Crippen molar-refractivity contribution in [3.05, 3.63) is 105 Å². The maximum absolute atomic E-state index is 13.7. The minimum absolute atomic E-state index is 0.0578. The van der Waals surface area contributed by atoms with Gasteiger partial charge in [-0.25, -0.2) is 4.98 Å². The zero-order valence-electron chi connectivity index (χ0n) is 18.5. The highest BCUT2D eigenvalue weighted by Crippen LogP contribution is 2.43. The van der Waals surface area contributed by atoms with Gasteiger partial charge in [0.25, 0.3) is 5.91 Å². The van der Waals surface area contributed by atoms with E-state index in [-0.39, 0.29) is 34.3 Å². The number of methoxy groups -OCH3 is 1. The Labute approximate surface area is 210 Å². The molecule has 0 saturated carbocycles. The number of benzene rings is 2. The van der Waals surface area contributed by atoms with Crippen LogP contribution in [-0.4, -0.2) is 24.6 Å². The second kappa shape index (κ2) is 9.09. The quantitative estimate of drug-likeness (QED) is 0.305. The molecule has 9 heteroatoms. The third-order valence-corrected chi connectivity index (χ3v) is 6.11. The second-order valence-corrected chi connectivity index (χ2v) is 8.61. The van der Waals surface area contributed by atoms with E-state index in [0.717, 1.165) is 0 Å². The van der Waals surface area contributed by atoms with Crippen LogP contribution >= 0.6 is 23.2 Å². The van der Waals surface area contributed by atoms with E-state index < -0.39 is 11.9 Å². The number of aromatic nitrogens is 1. The number of rotatable bonds is 6. The molecule has 0 saturated heterocycles. The van der Waals surface area contributed by atoms with Crippen LogP contribution in [0.3, 0.4) is 0 Å². The first-order valence-corrected chi connectivity index (χ1v) is 11.3. The summed E-state index contributed by atoms with van der Waals surface area (Å²) in [5, 5.41) is 1.07. The zero-order valence-corrected chi connectivity index (χ0v) is 20.0. The maximum atomic E-state index is 13.7. The van der Waals surface area contributed by atoms with Crippen molar-refractivity contribution in [1.29, 1.82) is 0 Å². The average molecular weight is 509 g/mol. The normalized spacial score (nSPS) is 14.8. The molecule has 1 unspecified atom stereocenters. The molecule has 1 aliphatic heterocycles. The lowest BCUT2D eigenvalue weighted by molar-refractivity contribution is 0.0970. The molecule has 5 rings (SSSR count). The van der Waals surface area contributed by atoms with Gasteiger partial charge < -0.3 is 13.9 Å². The Balaban J connectivity index is 1.76. The number of halogens is 2. The van der Waals surface area contributed by atoms with Gasteiger partial charge in [0.15, 0.2) is 16.9 Å². The van der Waals surface area contributed by atoms with Crippen LogP contribution in [0.15, 0.2) is 76.6 Å². The van der Waals surface area contributed by atoms with Crippen molar-refractivity contribution in [2.45, 2.75) is 6.04 Å². The predicted molar refractivity (Wildman–Crippen MR) is 134 cm³/mol. The number of hydrogen-bond donors (Lipinski definition) is 0. The molecule has 0 bridgehead atoms. The van der Waals surface area contributed by atoms with Crippen LogP contribution in [0.1, 0.15) is 27.7 Å². The monoisotopic (exact) mass is 508 g/mol. The summed E-state index contributed by atoms with van der Waals surface area (Å²) in [7, 11) is 1.51. The number of anilines is 1. The summed E-state index contributed by atoms with van der Waals surface area (Å²) in [5.74, 6) is 0.678. The third kappa shape index (κ3) is 3.92. The summed E-state index contributed by atoms with van der Waals surface area (Å²) < 4.78 is 17.1. The number of nitrogens with zero attached hydrogens (tertiary/aromatic N) is 2. The minimum atomic E-state index is -0.840. The van der Waals surface area contributed by atoms with Crippen LogP contribution in [0.25, 0.3) is 11.0 Å². The minimum Gasteiger partial charge on any atom is -0.493 e. The molecule has 1 aliphatic rings. The molecule has 35 heavy (non-hydrogen) atoms. The number of fused-ring (bicyclic) bond motifs is 2. The topological polar surface area (TPSA) is 81.9 Å². The molecule has 0 N–H and O–H groups in total. The molecule has 3 heterocycles. The Morgan fingerprint density at radius 1 is 1.09 bits per heavy atom. The van der Waals surface area contributed by atoms with Gasteiger partial charge in [-0.05, 0) is 48.0 Å². The van der Waals surface area contributed by atoms with E-state index in [1.165, 1.54) is 24.3 Å². The van der Waals surface area contributed by atoms with E-state index in [1.54, 1.807) is 48.5 Å². The molecule has 0 aliphatic carbocycles. The van der Waals surface area contributed by atoms with Gasteiger partial charge in [0.1, 0.15) is 18.0 Å². The lowest BCUT2D eigenvalue weighted by atomic mass is 9.98. The van der Waals surface area contributed by atoms with Crippen molar-refractivity contribution in [2.24, 2.45) is 0 Å². The number of ether oxygens (including phenoxy) is 2. The molecule has 7 nitrogen and oxygen atoms in total. The highest BCUT2D eigenvalue weighted by Gasteiger charge is 2.44. The van der Waals surface area contributed by atoms with Crippen LogP contribution in [0.4, 0.5) is 5.82 Å². The fourth-order valence-corrected chi connectivity index (χ4v) is 4.41. The first-order valence-electron chi connectivity index (χ1n) is 10.6. The highest BCUT2D eigenvalue weighted by molar-refractivity contribution is 6.31. The molecule has 1 amide bonds. The first-order chi connectivity index (χ1) is 16.9. The lowest BCUT2D eigenvalue weighted by Gasteiger charge is -2.25. The summed E-state index contributed by atoms with van der Waals surface area (Å²) in [6.45, 7) is 3.94. The number of hydrogen-bond acceptors (Lipinski definition) is 6. The molecule has 4 aromatic rings. The molecule has 0 spiro atoms. The Kier molecular flexibility index (Phi) is 5.96. The fraction of sp³-hybridized carbons (Fsp3) is 0.115. The van der Waals surface area contributed by atoms with Crippen molar-refractivity contribution >= 4 is 45.9 Å². The largest absolute Gasteiger partial charge is 0.493 e. The van der Waals surface area contributed by atoms with Crippen LogP contribution in [0.2, 0.25) is 10.0 Å². The standard InChI is InChI=1S/C26H18Cl2N2O5/c1-3-10-34-19-7-4-14(11-20(19)33-2)23-22-24(31)17-12-15(27)5-8-18(17)35-25(22)26(32)30(23)21-9-6-16(28)13-29-21/h3-9,11-13,23H,1,10H2,2H3. The van der Waals surface area contributed by atoms with Gasteiger partial charge in [0.2, 0.25) is 5.76 Å². The zero-order chi connectivity index (χ0) is 24.7. The van der Waals surface area contributed by atoms with Crippen LogP contribution in [-0.2, 0) is 0 Å². The number of amides is 1. The molecule has 0 fully saturated rings. The van der Waals surface area contributed by atoms with Crippen molar-refractivity contribution in [3.8, 4) is 11.5 Å². The SMILES string of the molecule is C=CCOc1ccc(C2c3c(oc4ccc(Cl)cc4c3=O)C(=O)N2c2ccc(Cl)cn2)cc1OC. The van der Waals surface area contributed by atoms with Gasteiger partial charge in [0, 0.05) is 11.2 Å². The van der Waals surface area contributed by atoms with Gasteiger partial charge in [-0.2, -0.15) is 0 Å². The summed E-state index contributed by atoms with van der Waals surface area (Å²) in [6.07, 6.45) is 3.05. The van der Waals surface area contributed by atoms with Gasteiger partial charge in [-0.1, -0.05) is 41.9 Å². The molecule has 176 valence electrons. The van der Waals surface area contributed by atoms with E-state index in [9.17, 15) is 9.59 Å². The average Bonchev–Trinajstić information content (AvgIpc) is 3.16. The van der Waals surface area contributed by atoms with Crippen LogP contribution < -0.4 is 19.8 Å². The first kappa shape index (κ1) is 23.0. The van der Waals surface area contributed by atoms with Crippen molar-refractivity contribution in [2.75, 3.05) is 18.6 Å². The summed E-state index contributed by atoms with van der Waals surface area (Å²) >= 11 is 12.2. The van der Waals surface area contributed by atoms with E-state index >= 15 is 0 Å². The van der Waals surface area contributed by atoms with E-state index in [0.29, 0.717) is 32.9 Å². The smallest absolute Gasteiger partial charge is 0.296 e. The van der Waals surface area contributed by atoms with Crippen molar-refractivity contribution < 1.29 is 18.7 Å². The van der Waals surface area contributed by atoms with Gasteiger partial charge >= 0.3 is 0 Å². The summed E-state index contributed by atoms with van der Waals surface area (Å²) in [5.41, 5.74) is 0.695. The maximum Gasteiger partial charge on any atom is 0.296 e.